The maximum absolute atomic E-state index is 10.4. The lowest BCUT2D eigenvalue weighted by molar-refractivity contribution is 0.289. The molecule has 1 saturated carbocycles. The minimum atomic E-state index is -0.0423. The molecule has 1 aromatic rings. The summed E-state index contributed by atoms with van der Waals surface area (Å²) in [6.45, 7) is 2.50. The van der Waals surface area contributed by atoms with Crippen molar-refractivity contribution in [1.82, 2.24) is 0 Å². The van der Waals surface area contributed by atoms with Gasteiger partial charge in [-0.05, 0) is 25.8 Å². The van der Waals surface area contributed by atoms with Gasteiger partial charge in [-0.2, -0.15) is 0 Å². The standard InChI is InChI=1S/C15H23NO2/c1-11-13(18-2)7-6-12(14(11)17)15(10-16)8-4-3-5-9-15/h6-7,17H,3-5,8-10,16H2,1-2H3. The van der Waals surface area contributed by atoms with E-state index in [-0.39, 0.29) is 5.41 Å². The van der Waals surface area contributed by atoms with Crippen LogP contribution in [0.15, 0.2) is 12.1 Å². The maximum Gasteiger partial charge on any atom is 0.125 e. The van der Waals surface area contributed by atoms with Crippen LogP contribution in [0.25, 0.3) is 0 Å². The van der Waals surface area contributed by atoms with Gasteiger partial charge in [-0.1, -0.05) is 25.3 Å². The van der Waals surface area contributed by atoms with Crippen molar-refractivity contribution >= 4 is 0 Å². The van der Waals surface area contributed by atoms with Crippen molar-refractivity contribution in [3.63, 3.8) is 0 Å². The van der Waals surface area contributed by atoms with Gasteiger partial charge in [0.2, 0.25) is 0 Å². The number of ether oxygens (including phenoxy) is 1. The second-order valence-corrected chi connectivity index (χ2v) is 5.33. The molecule has 100 valence electrons. The second-order valence-electron chi connectivity index (χ2n) is 5.33. The van der Waals surface area contributed by atoms with Crippen molar-refractivity contribution in [3.05, 3.63) is 23.3 Å². The normalized spacial score (nSPS) is 18.6. The maximum atomic E-state index is 10.4. The lowest BCUT2D eigenvalue weighted by Gasteiger charge is -2.37. The summed E-state index contributed by atoms with van der Waals surface area (Å²) in [6, 6.07) is 3.93. The third-order valence-electron chi connectivity index (χ3n) is 4.37. The molecule has 3 nitrogen and oxygen atoms in total. The number of hydrogen-bond acceptors (Lipinski definition) is 3. The number of nitrogens with two attached hydrogens (primary N) is 1. The first-order valence-corrected chi connectivity index (χ1v) is 6.72. The fourth-order valence-electron chi connectivity index (χ4n) is 3.14. The van der Waals surface area contributed by atoms with Gasteiger partial charge in [0.05, 0.1) is 7.11 Å². The number of hydrogen-bond donors (Lipinski definition) is 2. The highest BCUT2D eigenvalue weighted by molar-refractivity contribution is 5.51. The first-order valence-electron chi connectivity index (χ1n) is 6.72. The lowest BCUT2D eigenvalue weighted by atomic mass is 9.69. The Labute approximate surface area is 109 Å². The summed E-state index contributed by atoms with van der Waals surface area (Å²) in [6.07, 6.45) is 5.81. The molecule has 0 amide bonds. The highest BCUT2D eigenvalue weighted by Gasteiger charge is 2.35. The second kappa shape index (κ2) is 5.19. The highest BCUT2D eigenvalue weighted by atomic mass is 16.5. The van der Waals surface area contributed by atoms with Crippen molar-refractivity contribution in [2.45, 2.75) is 44.4 Å². The van der Waals surface area contributed by atoms with E-state index in [1.54, 1.807) is 7.11 Å². The summed E-state index contributed by atoms with van der Waals surface area (Å²) >= 11 is 0. The van der Waals surface area contributed by atoms with Crippen LogP contribution in [0.3, 0.4) is 0 Å². The largest absolute Gasteiger partial charge is 0.507 e. The van der Waals surface area contributed by atoms with Crippen LogP contribution in [-0.4, -0.2) is 18.8 Å². The van der Waals surface area contributed by atoms with Gasteiger partial charge < -0.3 is 15.6 Å². The molecule has 0 unspecified atom stereocenters. The quantitative estimate of drug-likeness (QED) is 0.866. The molecule has 0 saturated heterocycles. The zero-order valence-corrected chi connectivity index (χ0v) is 11.3. The Morgan fingerprint density at radius 1 is 1.28 bits per heavy atom. The molecule has 0 aliphatic heterocycles. The molecule has 0 aromatic heterocycles. The smallest absolute Gasteiger partial charge is 0.125 e. The molecule has 1 aromatic carbocycles. The molecule has 1 fully saturated rings. The van der Waals surface area contributed by atoms with Gasteiger partial charge in [0.15, 0.2) is 0 Å². The minimum absolute atomic E-state index is 0.0423. The van der Waals surface area contributed by atoms with Crippen LogP contribution < -0.4 is 10.5 Å². The van der Waals surface area contributed by atoms with E-state index in [1.165, 1.54) is 19.3 Å². The summed E-state index contributed by atoms with van der Waals surface area (Å²) in [7, 11) is 1.63. The van der Waals surface area contributed by atoms with Crippen LogP contribution in [0.2, 0.25) is 0 Å². The predicted molar refractivity (Wildman–Crippen MR) is 73.2 cm³/mol. The van der Waals surface area contributed by atoms with Crippen LogP contribution in [0, 0.1) is 6.92 Å². The van der Waals surface area contributed by atoms with Crippen LogP contribution >= 0.6 is 0 Å². The molecule has 2 rings (SSSR count). The number of methoxy groups -OCH3 is 1. The van der Waals surface area contributed by atoms with E-state index in [0.717, 1.165) is 29.7 Å². The van der Waals surface area contributed by atoms with E-state index in [4.69, 9.17) is 10.5 Å². The monoisotopic (exact) mass is 249 g/mol. The Kier molecular flexibility index (Phi) is 3.81. The Hall–Kier alpha value is -1.22. The number of benzene rings is 1. The summed E-state index contributed by atoms with van der Waals surface area (Å²) in [5.74, 6) is 1.10. The zero-order valence-electron chi connectivity index (χ0n) is 11.3. The highest BCUT2D eigenvalue weighted by Crippen LogP contribution is 2.44. The average molecular weight is 249 g/mol. The summed E-state index contributed by atoms with van der Waals surface area (Å²) < 4.78 is 5.24. The van der Waals surface area contributed by atoms with E-state index >= 15 is 0 Å². The van der Waals surface area contributed by atoms with Gasteiger partial charge in [-0.25, -0.2) is 0 Å². The van der Waals surface area contributed by atoms with Crippen molar-refractivity contribution in [2.24, 2.45) is 5.73 Å². The van der Waals surface area contributed by atoms with Crippen LogP contribution in [-0.2, 0) is 5.41 Å². The SMILES string of the molecule is COc1ccc(C2(CN)CCCCC2)c(O)c1C. The number of phenols is 1. The molecule has 0 radical (unpaired) electrons. The van der Waals surface area contributed by atoms with Crippen molar-refractivity contribution < 1.29 is 9.84 Å². The third-order valence-corrected chi connectivity index (χ3v) is 4.37. The molecule has 1 aliphatic rings. The third kappa shape index (κ3) is 2.07. The first kappa shape index (κ1) is 13.2. The number of phenolic OH excluding ortho intramolecular Hbond substituents is 1. The fourth-order valence-corrected chi connectivity index (χ4v) is 3.14. The van der Waals surface area contributed by atoms with Crippen molar-refractivity contribution in [2.75, 3.05) is 13.7 Å². The number of aromatic hydroxyl groups is 1. The van der Waals surface area contributed by atoms with Crippen molar-refractivity contribution in [1.29, 1.82) is 0 Å². The molecule has 0 spiro atoms. The van der Waals surface area contributed by atoms with Gasteiger partial charge in [-0.15, -0.1) is 0 Å². The first-order chi connectivity index (χ1) is 8.64. The summed E-state index contributed by atoms with van der Waals surface area (Å²) in [5.41, 5.74) is 7.79. The van der Waals surface area contributed by atoms with E-state index in [0.29, 0.717) is 12.3 Å². The van der Waals surface area contributed by atoms with Gasteiger partial charge >= 0.3 is 0 Å². The molecule has 3 heteroatoms. The zero-order chi connectivity index (χ0) is 13.2. The minimum Gasteiger partial charge on any atom is -0.507 e. The predicted octanol–water partition coefficient (Wildman–Crippen LogP) is 2.87. The molecule has 0 heterocycles. The van der Waals surface area contributed by atoms with Crippen LogP contribution in [0.5, 0.6) is 11.5 Å². The van der Waals surface area contributed by atoms with E-state index < -0.39 is 0 Å². The molecular weight excluding hydrogens is 226 g/mol. The van der Waals surface area contributed by atoms with Crippen LogP contribution in [0.4, 0.5) is 0 Å². The molecule has 3 N–H and O–H groups in total. The molecule has 1 aliphatic carbocycles. The van der Waals surface area contributed by atoms with E-state index in [1.807, 2.05) is 19.1 Å². The van der Waals surface area contributed by atoms with Gasteiger partial charge in [-0.3, -0.25) is 0 Å². The van der Waals surface area contributed by atoms with E-state index in [2.05, 4.69) is 0 Å². The van der Waals surface area contributed by atoms with Crippen molar-refractivity contribution in [3.8, 4) is 11.5 Å². The molecule has 0 atom stereocenters. The molecule has 18 heavy (non-hydrogen) atoms. The number of rotatable bonds is 3. The fraction of sp³-hybridized carbons (Fsp3) is 0.600. The Morgan fingerprint density at radius 2 is 1.94 bits per heavy atom. The van der Waals surface area contributed by atoms with Crippen LogP contribution in [0.1, 0.15) is 43.2 Å². The van der Waals surface area contributed by atoms with Gasteiger partial charge in [0.1, 0.15) is 11.5 Å². The summed E-state index contributed by atoms with van der Waals surface area (Å²) in [4.78, 5) is 0. The van der Waals surface area contributed by atoms with Gasteiger partial charge in [0.25, 0.3) is 0 Å². The topological polar surface area (TPSA) is 55.5 Å². The molecular formula is C15H23NO2. The molecule has 0 bridgehead atoms. The Bertz CT molecular complexity index is 423. The lowest BCUT2D eigenvalue weighted by Crippen LogP contribution is -2.37. The average Bonchev–Trinajstić information content (AvgIpc) is 2.42. The van der Waals surface area contributed by atoms with Gasteiger partial charge in [0, 0.05) is 23.1 Å². The van der Waals surface area contributed by atoms with E-state index in [9.17, 15) is 5.11 Å². The Balaban J connectivity index is 2.46. The Morgan fingerprint density at radius 3 is 2.50 bits per heavy atom. The summed E-state index contributed by atoms with van der Waals surface area (Å²) in [5, 5.41) is 10.4.